The summed E-state index contributed by atoms with van der Waals surface area (Å²) in [5.41, 5.74) is 2.83. The van der Waals surface area contributed by atoms with Gasteiger partial charge in [0, 0.05) is 11.8 Å². The number of hydrogen-bond acceptors (Lipinski definition) is 6. The van der Waals surface area contributed by atoms with E-state index in [0.29, 0.717) is 28.7 Å². The lowest BCUT2D eigenvalue weighted by Crippen LogP contribution is -2.26. The van der Waals surface area contributed by atoms with E-state index in [1.165, 1.54) is 35.2 Å². The highest BCUT2D eigenvalue weighted by Crippen LogP contribution is 2.34. The second-order valence-corrected chi connectivity index (χ2v) is 9.68. The maximum atomic E-state index is 13.1. The van der Waals surface area contributed by atoms with Gasteiger partial charge in [-0.15, -0.1) is 11.3 Å². The Labute approximate surface area is 182 Å². The van der Waals surface area contributed by atoms with Crippen LogP contribution in [0.15, 0.2) is 52.2 Å². The Morgan fingerprint density at radius 2 is 1.97 bits per heavy atom. The van der Waals surface area contributed by atoms with Gasteiger partial charge in [0.1, 0.15) is 22.4 Å². The van der Waals surface area contributed by atoms with Crippen molar-refractivity contribution in [3.05, 3.63) is 64.9 Å². The third kappa shape index (κ3) is 5.38. The van der Waals surface area contributed by atoms with Crippen molar-refractivity contribution in [3.63, 3.8) is 0 Å². The molecule has 0 atom stereocenters. The molecule has 8 heteroatoms. The summed E-state index contributed by atoms with van der Waals surface area (Å²) in [5, 5.41) is 20.6. The number of thiazole rings is 1. The molecule has 0 amide bonds. The summed E-state index contributed by atoms with van der Waals surface area (Å²) in [4.78, 5) is 15.7. The van der Waals surface area contributed by atoms with E-state index < -0.39 is 10.7 Å². The highest BCUT2D eigenvalue weighted by atomic mass is 32.2. The van der Waals surface area contributed by atoms with Crippen molar-refractivity contribution in [3.8, 4) is 22.9 Å². The lowest BCUT2D eigenvalue weighted by Gasteiger charge is -2.15. The van der Waals surface area contributed by atoms with E-state index in [9.17, 15) is 19.6 Å². The smallest absolute Gasteiger partial charge is 0.319 e. The van der Waals surface area contributed by atoms with Gasteiger partial charge >= 0.3 is 5.97 Å². The molecular formula is C22H19FN2O3S2. The first kappa shape index (κ1) is 21.8. The molecule has 0 saturated carbocycles. The Kier molecular flexibility index (Phi) is 6.75. The third-order valence-corrected chi connectivity index (χ3v) is 6.45. The second kappa shape index (κ2) is 9.28. The first-order valence-corrected chi connectivity index (χ1v) is 10.8. The minimum Gasteiger partial charge on any atom is -0.492 e. The number of nitrogens with zero attached hydrogens (tertiary/aromatic N) is 2. The van der Waals surface area contributed by atoms with Gasteiger partial charge in [0.25, 0.3) is 0 Å². The fraction of sp³-hybridized carbons (Fsp3) is 0.227. The van der Waals surface area contributed by atoms with E-state index in [4.69, 9.17) is 4.74 Å². The molecule has 154 valence electrons. The van der Waals surface area contributed by atoms with Crippen LogP contribution in [0, 0.1) is 17.1 Å². The Morgan fingerprint density at radius 3 is 2.63 bits per heavy atom. The molecule has 1 heterocycles. The molecule has 0 saturated heterocycles. The van der Waals surface area contributed by atoms with Gasteiger partial charge in [-0.05, 0) is 49.2 Å². The van der Waals surface area contributed by atoms with Crippen molar-refractivity contribution in [1.82, 2.24) is 4.98 Å². The van der Waals surface area contributed by atoms with Crippen LogP contribution >= 0.6 is 23.1 Å². The Balaban J connectivity index is 1.62. The SMILES string of the molecule is CC(C)(Sc1nc(CCOc2ccc(-c3ccc(F)cc3)cc2C#N)cs1)C(=O)O. The summed E-state index contributed by atoms with van der Waals surface area (Å²) >= 11 is 2.61. The molecule has 30 heavy (non-hydrogen) atoms. The number of aromatic nitrogens is 1. The molecule has 0 bridgehead atoms. The van der Waals surface area contributed by atoms with E-state index in [0.717, 1.165) is 16.8 Å². The fourth-order valence-electron chi connectivity index (χ4n) is 2.54. The summed E-state index contributed by atoms with van der Waals surface area (Å²) in [6.45, 7) is 3.62. The van der Waals surface area contributed by atoms with E-state index in [2.05, 4.69) is 11.1 Å². The zero-order valence-corrected chi connectivity index (χ0v) is 18.0. The largest absolute Gasteiger partial charge is 0.492 e. The molecule has 0 fully saturated rings. The minimum atomic E-state index is -0.945. The number of carboxylic acid groups (broad SMARTS) is 1. The predicted octanol–water partition coefficient (Wildman–Crippen LogP) is 5.40. The van der Waals surface area contributed by atoms with Gasteiger partial charge in [-0.2, -0.15) is 5.26 Å². The fourth-order valence-corrected chi connectivity index (χ4v) is 4.77. The monoisotopic (exact) mass is 442 g/mol. The topological polar surface area (TPSA) is 83.2 Å². The Bertz CT molecular complexity index is 1090. The molecule has 0 unspecified atom stereocenters. The predicted molar refractivity (Wildman–Crippen MR) is 115 cm³/mol. The van der Waals surface area contributed by atoms with Gasteiger partial charge in [-0.3, -0.25) is 4.79 Å². The maximum absolute atomic E-state index is 13.1. The van der Waals surface area contributed by atoms with Crippen LogP contribution in [0.25, 0.3) is 11.1 Å². The average molecular weight is 443 g/mol. The summed E-state index contributed by atoms with van der Waals surface area (Å²) < 4.78 is 18.6. The van der Waals surface area contributed by atoms with E-state index in [1.54, 1.807) is 38.1 Å². The number of nitriles is 1. The van der Waals surface area contributed by atoms with Crippen LogP contribution < -0.4 is 4.74 Å². The van der Waals surface area contributed by atoms with Gasteiger partial charge < -0.3 is 9.84 Å². The maximum Gasteiger partial charge on any atom is 0.319 e. The summed E-state index contributed by atoms with van der Waals surface area (Å²) in [6, 6.07) is 13.5. The zero-order chi connectivity index (χ0) is 21.7. The zero-order valence-electron chi connectivity index (χ0n) is 16.4. The number of carboxylic acids is 1. The van der Waals surface area contributed by atoms with Crippen LogP contribution in [0.2, 0.25) is 0 Å². The summed E-state index contributed by atoms with van der Waals surface area (Å²) in [7, 11) is 0. The van der Waals surface area contributed by atoms with Gasteiger partial charge in [-0.25, -0.2) is 9.37 Å². The lowest BCUT2D eigenvalue weighted by atomic mass is 10.0. The number of ether oxygens (including phenoxy) is 1. The lowest BCUT2D eigenvalue weighted by molar-refractivity contribution is -0.138. The van der Waals surface area contributed by atoms with Crippen molar-refractivity contribution in [2.75, 3.05) is 6.61 Å². The molecule has 0 spiro atoms. The standard InChI is InChI=1S/C22H19FN2O3S2/c1-22(2,20(26)27)30-21-25-18(13-29-21)9-10-28-19-8-5-15(11-16(19)12-24)14-3-6-17(23)7-4-14/h3-8,11,13H,9-10H2,1-2H3,(H,26,27). The third-order valence-electron chi connectivity index (χ3n) is 4.28. The van der Waals surface area contributed by atoms with Crippen LogP contribution in [0.4, 0.5) is 4.39 Å². The number of hydrogen-bond donors (Lipinski definition) is 1. The quantitative estimate of drug-likeness (QED) is 0.471. The normalized spacial score (nSPS) is 11.1. The van der Waals surface area contributed by atoms with Gasteiger partial charge in [-0.1, -0.05) is 30.0 Å². The molecule has 3 rings (SSSR count). The van der Waals surface area contributed by atoms with Crippen LogP contribution in [-0.2, 0) is 11.2 Å². The summed E-state index contributed by atoms with van der Waals surface area (Å²) in [6.07, 6.45) is 0.537. The number of thioether (sulfide) groups is 1. The van der Waals surface area contributed by atoms with Crippen LogP contribution in [0.5, 0.6) is 5.75 Å². The Morgan fingerprint density at radius 1 is 1.27 bits per heavy atom. The molecule has 1 aromatic heterocycles. The van der Waals surface area contributed by atoms with Gasteiger partial charge in [0.05, 0.1) is 17.9 Å². The number of rotatable bonds is 8. The number of halogens is 1. The molecule has 1 N–H and O–H groups in total. The van der Waals surface area contributed by atoms with Crippen LogP contribution in [0.3, 0.4) is 0 Å². The van der Waals surface area contributed by atoms with Crippen molar-refractivity contribution >= 4 is 29.1 Å². The van der Waals surface area contributed by atoms with Crippen LogP contribution in [0.1, 0.15) is 25.1 Å². The highest BCUT2D eigenvalue weighted by Gasteiger charge is 2.29. The molecule has 0 aliphatic carbocycles. The van der Waals surface area contributed by atoms with Crippen molar-refractivity contribution in [2.24, 2.45) is 0 Å². The number of carbonyl (C=O) groups is 1. The van der Waals surface area contributed by atoms with Crippen molar-refractivity contribution < 1.29 is 19.0 Å². The van der Waals surface area contributed by atoms with E-state index in [-0.39, 0.29) is 5.82 Å². The molecule has 0 aliphatic heterocycles. The van der Waals surface area contributed by atoms with Gasteiger partial charge in [0.2, 0.25) is 0 Å². The number of aliphatic carboxylic acids is 1. The average Bonchev–Trinajstić information content (AvgIpc) is 3.15. The second-order valence-electron chi connectivity index (χ2n) is 6.95. The first-order chi connectivity index (χ1) is 14.3. The summed E-state index contributed by atoms with van der Waals surface area (Å²) in [5.74, 6) is -0.727. The van der Waals surface area contributed by atoms with Crippen molar-refractivity contribution in [1.29, 1.82) is 5.26 Å². The molecule has 5 nitrogen and oxygen atoms in total. The highest BCUT2D eigenvalue weighted by molar-refractivity contribution is 8.02. The molecule has 0 aliphatic rings. The minimum absolute atomic E-state index is 0.311. The molecule has 2 aromatic carbocycles. The number of benzene rings is 2. The van der Waals surface area contributed by atoms with E-state index >= 15 is 0 Å². The first-order valence-electron chi connectivity index (χ1n) is 9.08. The molecule has 0 radical (unpaired) electrons. The van der Waals surface area contributed by atoms with E-state index in [1.807, 2.05) is 11.4 Å². The van der Waals surface area contributed by atoms with Gasteiger partial charge in [0.15, 0.2) is 4.34 Å². The van der Waals surface area contributed by atoms with Crippen LogP contribution in [-0.4, -0.2) is 27.4 Å². The Hall–Kier alpha value is -2.89. The molecule has 3 aromatic rings. The molecular weight excluding hydrogens is 423 g/mol. The van der Waals surface area contributed by atoms with Crippen molar-refractivity contribution in [2.45, 2.75) is 29.4 Å².